The molecule has 192 valence electrons. The maximum Gasteiger partial charge on any atom is 0.160 e. The first-order valence-electron chi connectivity index (χ1n) is 13.5. The number of aromatic nitrogens is 1. The van der Waals surface area contributed by atoms with E-state index in [-0.39, 0.29) is 5.41 Å². The zero-order valence-corrected chi connectivity index (χ0v) is 23.4. The minimum absolute atomic E-state index is 0.00506. The van der Waals surface area contributed by atoms with Crippen LogP contribution in [0.5, 0.6) is 0 Å². The summed E-state index contributed by atoms with van der Waals surface area (Å²) in [5.41, 5.74) is 10.6. The quantitative estimate of drug-likeness (QED) is 0.241. The van der Waals surface area contributed by atoms with E-state index in [1.807, 2.05) is 6.26 Å². The second kappa shape index (κ2) is 8.87. The molecule has 0 radical (unpaired) electrons. The number of nitrogens with zero attached hydrogens (tertiary/aromatic N) is 1. The van der Waals surface area contributed by atoms with E-state index >= 15 is 0 Å². The molecule has 3 aromatic heterocycles. The molecule has 6 rings (SSSR count). The summed E-state index contributed by atoms with van der Waals surface area (Å²) in [5, 5.41) is 3.71. The molecule has 0 aliphatic rings. The van der Waals surface area contributed by atoms with Crippen molar-refractivity contribution in [3.05, 3.63) is 89.4 Å². The van der Waals surface area contributed by atoms with Crippen LogP contribution in [-0.4, -0.2) is 4.98 Å². The second-order valence-electron chi connectivity index (χ2n) is 12.1. The normalized spacial score (nSPS) is 12.4. The fourth-order valence-corrected chi connectivity index (χ4v) is 5.66. The molecule has 0 atom stereocenters. The lowest BCUT2D eigenvalue weighted by Gasteiger charge is -2.23. The summed E-state index contributed by atoms with van der Waals surface area (Å²) in [6, 6.07) is 21.9. The van der Waals surface area contributed by atoms with Crippen molar-refractivity contribution < 1.29 is 8.83 Å². The summed E-state index contributed by atoms with van der Waals surface area (Å²) in [6.45, 7) is 15.5. The predicted octanol–water partition coefficient (Wildman–Crippen LogP) is 10.2. The summed E-state index contributed by atoms with van der Waals surface area (Å²) >= 11 is 0. The van der Waals surface area contributed by atoms with Crippen LogP contribution in [-0.2, 0) is 11.8 Å². The van der Waals surface area contributed by atoms with Gasteiger partial charge in [-0.05, 0) is 83.8 Å². The van der Waals surface area contributed by atoms with E-state index in [1.165, 1.54) is 27.3 Å². The SMILES string of the molecule is Cc1oc2ccc(-c3cc(-c4cc(C(C)(C)C)c5ccccc5c4)nc4c(C)coc34)cc2c1CC(C)C. The Balaban J connectivity index is 1.60. The smallest absolute Gasteiger partial charge is 0.160 e. The van der Waals surface area contributed by atoms with Crippen molar-refractivity contribution in [3.63, 3.8) is 0 Å². The highest BCUT2D eigenvalue weighted by atomic mass is 16.3. The molecule has 0 bridgehead atoms. The number of rotatable bonds is 4. The third kappa shape index (κ3) is 4.11. The van der Waals surface area contributed by atoms with E-state index in [2.05, 4.69) is 109 Å². The average Bonchev–Trinajstić information content (AvgIpc) is 3.40. The predicted molar refractivity (Wildman–Crippen MR) is 159 cm³/mol. The van der Waals surface area contributed by atoms with E-state index in [0.29, 0.717) is 5.92 Å². The van der Waals surface area contributed by atoms with Gasteiger partial charge in [-0.1, -0.05) is 65.0 Å². The maximum atomic E-state index is 6.13. The highest BCUT2D eigenvalue weighted by Crippen LogP contribution is 2.39. The Morgan fingerprint density at radius 1 is 0.868 bits per heavy atom. The van der Waals surface area contributed by atoms with Gasteiger partial charge in [0.05, 0.1) is 12.0 Å². The van der Waals surface area contributed by atoms with Crippen molar-refractivity contribution in [2.24, 2.45) is 5.92 Å². The van der Waals surface area contributed by atoms with Crippen molar-refractivity contribution in [3.8, 4) is 22.4 Å². The van der Waals surface area contributed by atoms with Crippen LogP contribution in [0.15, 0.2) is 75.8 Å². The van der Waals surface area contributed by atoms with E-state index in [4.69, 9.17) is 13.8 Å². The van der Waals surface area contributed by atoms with Gasteiger partial charge in [0.15, 0.2) is 5.58 Å². The van der Waals surface area contributed by atoms with Crippen LogP contribution in [0.25, 0.3) is 55.2 Å². The molecule has 0 saturated heterocycles. The van der Waals surface area contributed by atoms with Crippen LogP contribution in [0.2, 0.25) is 0 Å². The number of aryl methyl sites for hydroxylation is 2. The highest BCUT2D eigenvalue weighted by Gasteiger charge is 2.21. The lowest BCUT2D eigenvalue weighted by Crippen LogP contribution is -2.12. The molecule has 6 aromatic rings. The molecule has 0 aliphatic carbocycles. The summed E-state index contributed by atoms with van der Waals surface area (Å²) in [6.07, 6.45) is 2.81. The first kappa shape index (κ1) is 24.5. The lowest BCUT2D eigenvalue weighted by atomic mass is 9.82. The topological polar surface area (TPSA) is 39.2 Å². The van der Waals surface area contributed by atoms with Gasteiger partial charge in [-0.25, -0.2) is 4.98 Å². The van der Waals surface area contributed by atoms with Crippen LogP contribution in [0.3, 0.4) is 0 Å². The van der Waals surface area contributed by atoms with Gasteiger partial charge in [-0.3, -0.25) is 0 Å². The second-order valence-corrected chi connectivity index (χ2v) is 12.1. The molecule has 3 nitrogen and oxygen atoms in total. The average molecular weight is 502 g/mol. The van der Waals surface area contributed by atoms with Crippen molar-refractivity contribution in [1.29, 1.82) is 0 Å². The number of fused-ring (bicyclic) bond motifs is 3. The van der Waals surface area contributed by atoms with Crippen molar-refractivity contribution in [2.45, 2.75) is 60.3 Å². The Bertz CT molecular complexity index is 1820. The van der Waals surface area contributed by atoms with Gasteiger partial charge in [0.25, 0.3) is 0 Å². The number of pyridine rings is 1. The van der Waals surface area contributed by atoms with Gasteiger partial charge >= 0.3 is 0 Å². The van der Waals surface area contributed by atoms with Gasteiger partial charge in [-0.15, -0.1) is 0 Å². The Morgan fingerprint density at radius 2 is 1.66 bits per heavy atom. The molecule has 38 heavy (non-hydrogen) atoms. The zero-order chi connectivity index (χ0) is 26.8. The summed E-state index contributed by atoms with van der Waals surface area (Å²) in [7, 11) is 0. The Morgan fingerprint density at radius 3 is 2.42 bits per heavy atom. The van der Waals surface area contributed by atoms with Crippen LogP contribution in [0.1, 0.15) is 57.1 Å². The molecule has 0 spiro atoms. The molecule has 0 aliphatic heterocycles. The van der Waals surface area contributed by atoms with Gasteiger partial charge in [0.1, 0.15) is 16.9 Å². The molecule has 3 aromatic carbocycles. The summed E-state index contributed by atoms with van der Waals surface area (Å²) in [5.74, 6) is 1.56. The van der Waals surface area contributed by atoms with E-state index < -0.39 is 0 Å². The van der Waals surface area contributed by atoms with Crippen LogP contribution in [0, 0.1) is 19.8 Å². The molecule has 0 saturated carbocycles. The molecule has 0 fully saturated rings. The molecule has 0 N–H and O–H groups in total. The Hall–Kier alpha value is -3.85. The zero-order valence-electron chi connectivity index (χ0n) is 23.4. The highest BCUT2D eigenvalue weighted by molar-refractivity contribution is 5.98. The number of hydrogen-bond donors (Lipinski definition) is 0. The van der Waals surface area contributed by atoms with Gasteiger partial charge in [0.2, 0.25) is 0 Å². The largest absolute Gasteiger partial charge is 0.462 e. The first-order chi connectivity index (χ1) is 18.1. The van der Waals surface area contributed by atoms with Crippen LogP contribution >= 0.6 is 0 Å². The van der Waals surface area contributed by atoms with E-state index in [9.17, 15) is 0 Å². The molecule has 0 unspecified atom stereocenters. The first-order valence-corrected chi connectivity index (χ1v) is 13.5. The molecule has 3 heteroatoms. The van der Waals surface area contributed by atoms with Gasteiger partial charge in [-0.2, -0.15) is 0 Å². The summed E-state index contributed by atoms with van der Waals surface area (Å²) < 4.78 is 12.2. The number of furan rings is 2. The standard InChI is InChI=1S/C35H35NO2/c1-20(2)14-27-22(4)38-32-13-12-24(16-29(27)32)28-18-31(36-33-21(3)19-37-34(28)33)25-15-23-10-8-9-11-26(23)30(17-25)35(5,6)7/h8-13,15-20H,14H2,1-7H3. The minimum Gasteiger partial charge on any atom is -0.462 e. The monoisotopic (exact) mass is 501 g/mol. The van der Waals surface area contributed by atoms with Gasteiger partial charge < -0.3 is 8.83 Å². The maximum absolute atomic E-state index is 6.13. The minimum atomic E-state index is 0.00506. The Kier molecular flexibility index (Phi) is 5.72. The van der Waals surface area contributed by atoms with Crippen molar-refractivity contribution in [2.75, 3.05) is 0 Å². The fraction of sp³-hybridized carbons (Fsp3) is 0.286. The van der Waals surface area contributed by atoms with Crippen LogP contribution < -0.4 is 0 Å². The van der Waals surface area contributed by atoms with Crippen LogP contribution in [0.4, 0.5) is 0 Å². The van der Waals surface area contributed by atoms with Crippen molar-refractivity contribution in [1.82, 2.24) is 4.98 Å². The van der Waals surface area contributed by atoms with Crippen molar-refractivity contribution >= 4 is 32.8 Å². The number of hydrogen-bond acceptors (Lipinski definition) is 3. The summed E-state index contributed by atoms with van der Waals surface area (Å²) in [4.78, 5) is 5.13. The lowest BCUT2D eigenvalue weighted by molar-refractivity contribution is 0.560. The Labute approximate surface area is 224 Å². The molecular formula is C35H35NO2. The molecular weight excluding hydrogens is 466 g/mol. The molecule has 3 heterocycles. The van der Waals surface area contributed by atoms with Gasteiger partial charge in [0, 0.05) is 27.6 Å². The number of benzene rings is 3. The fourth-order valence-electron chi connectivity index (χ4n) is 5.66. The third-order valence-electron chi connectivity index (χ3n) is 7.58. The molecule has 0 amide bonds. The van der Waals surface area contributed by atoms with E-state index in [1.54, 1.807) is 0 Å². The third-order valence-corrected chi connectivity index (χ3v) is 7.58. The van der Waals surface area contributed by atoms with E-state index in [0.717, 1.165) is 56.8 Å².